The summed E-state index contributed by atoms with van der Waals surface area (Å²) in [6.07, 6.45) is 6.60. The Morgan fingerprint density at radius 3 is 2.75 bits per heavy atom. The summed E-state index contributed by atoms with van der Waals surface area (Å²) in [5.74, 6) is 0.947. The molecule has 1 atom stereocenters. The van der Waals surface area contributed by atoms with Crippen molar-refractivity contribution < 1.29 is 4.74 Å². The average Bonchev–Trinajstić information content (AvgIpc) is 2.83. The third-order valence-corrected chi connectivity index (χ3v) is 4.10. The molecule has 1 N–H and O–H groups in total. The molecule has 2 aliphatic heterocycles. The van der Waals surface area contributed by atoms with Gasteiger partial charge >= 0.3 is 0 Å². The van der Waals surface area contributed by atoms with Gasteiger partial charge in [-0.25, -0.2) is 0 Å². The molecular formula is C13H26N2O. The van der Waals surface area contributed by atoms with Crippen molar-refractivity contribution in [3.63, 3.8) is 0 Å². The van der Waals surface area contributed by atoms with E-state index < -0.39 is 0 Å². The lowest BCUT2D eigenvalue weighted by Crippen LogP contribution is -2.37. The van der Waals surface area contributed by atoms with Gasteiger partial charge in [-0.05, 0) is 64.7 Å². The predicted molar refractivity (Wildman–Crippen MR) is 66.7 cm³/mol. The van der Waals surface area contributed by atoms with Crippen LogP contribution in [0, 0.1) is 5.92 Å². The number of rotatable bonds is 5. The van der Waals surface area contributed by atoms with Gasteiger partial charge in [0.15, 0.2) is 0 Å². The summed E-state index contributed by atoms with van der Waals surface area (Å²) in [5, 5.41) is 3.44. The molecule has 1 unspecified atom stereocenters. The van der Waals surface area contributed by atoms with E-state index in [1.54, 1.807) is 0 Å². The number of hydrogen-bond acceptors (Lipinski definition) is 3. The number of nitrogens with one attached hydrogen (secondary N) is 1. The Hall–Kier alpha value is -0.120. The molecular weight excluding hydrogens is 200 g/mol. The summed E-state index contributed by atoms with van der Waals surface area (Å²) in [6, 6.07) is 0.774. The molecule has 0 aliphatic carbocycles. The zero-order valence-electron chi connectivity index (χ0n) is 10.6. The van der Waals surface area contributed by atoms with Crippen molar-refractivity contribution >= 4 is 0 Å². The summed E-state index contributed by atoms with van der Waals surface area (Å²) >= 11 is 0. The minimum Gasteiger partial charge on any atom is -0.381 e. The van der Waals surface area contributed by atoms with Crippen molar-refractivity contribution in [1.82, 2.24) is 10.2 Å². The third-order valence-electron chi connectivity index (χ3n) is 4.10. The molecule has 0 aromatic carbocycles. The van der Waals surface area contributed by atoms with E-state index >= 15 is 0 Å². The highest BCUT2D eigenvalue weighted by Crippen LogP contribution is 2.17. The molecule has 2 saturated heterocycles. The van der Waals surface area contributed by atoms with E-state index in [0.29, 0.717) is 0 Å². The van der Waals surface area contributed by atoms with E-state index in [0.717, 1.165) is 25.2 Å². The first-order valence-corrected chi connectivity index (χ1v) is 6.85. The Balaban J connectivity index is 1.57. The van der Waals surface area contributed by atoms with Gasteiger partial charge in [0.2, 0.25) is 0 Å². The third kappa shape index (κ3) is 3.72. The smallest absolute Gasteiger partial charge is 0.0480 e. The highest BCUT2D eigenvalue weighted by atomic mass is 16.5. The molecule has 0 bridgehead atoms. The molecule has 2 heterocycles. The van der Waals surface area contributed by atoms with Gasteiger partial charge in [0.1, 0.15) is 0 Å². The maximum atomic E-state index is 5.40. The van der Waals surface area contributed by atoms with Crippen molar-refractivity contribution in [1.29, 1.82) is 0 Å². The van der Waals surface area contributed by atoms with Crippen molar-refractivity contribution in [2.24, 2.45) is 5.92 Å². The molecule has 3 nitrogen and oxygen atoms in total. The van der Waals surface area contributed by atoms with Gasteiger partial charge in [0, 0.05) is 19.3 Å². The van der Waals surface area contributed by atoms with E-state index in [-0.39, 0.29) is 0 Å². The van der Waals surface area contributed by atoms with Crippen LogP contribution in [0.3, 0.4) is 0 Å². The number of nitrogens with zero attached hydrogens (tertiary/aromatic N) is 1. The number of hydrogen-bond donors (Lipinski definition) is 1. The van der Waals surface area contributed by atoms with Crippen LogP contribution < -0.4 is 5.32 Å². The topological polar surface area (TPSA) is 24.5 Å². The van der Waals surface area contributed by atoms with Gasteiger partial charge in [-0.1, -0.05) is 0 Å². The minimum atomic E-state index is 0.774. The van der Waals surface area contributed by atoms with Crippen LogP contribution in [-0.2, 0) is 4.74 Å². The molecule has 3 heteroatoms. The Morgan fingerprint density at radius 1 is 1.25 bits per heavy atom. The van der Waals surface area contributed by atoms with Crippen LogP contribution in [0.25, 0.3) is 0 Å². The lowest BCUT2D eigenvalue weighted by atomic mass is 10.0. The summed E-state index contributed by atoms with van der Waals surface area (Å²) in [7, 11) is 2.28. The molecule has 0 amide bonds. The first-order chi connectivity index (χ1) is 7.86. The van der Waals surface area contributed by atoms with Crippen LogP contribution in [0.5, 0.6) is 0 Å². The maximum Gasteiger partial charge on any atom is 0.0480 e. The SMILES string of the molecule is CN(CCCC1CCNC1)C1CCOCC1. The van der Waals surface area contributed by atoms with Crippen molar-refractivity contribution in [3.8, 4) is 0 Å². The zero-order chi connectivity index (χ0) is 11.2. The van der Waals surface area contributed by atoms with Crippen LogP contribution in [0.1, 0.15) is 32.1 Å². The average molecular weight is 226 g/mol. The second-order valence-electron chi connectivity index (χ2n) is 5.33. The highest BCUT2D eigenvalue weighted by molar-refractivity contribution is 4.74. The maximum absolute atomic E-state index is 5.40. The number of ether oxygens (including phenoxy) is 1. The fourth-order valence-corrected chi connectivity index (χ4v) is 2.90. The lowest BCUT2D eigenvalue weighted by molar-refractivity contribution is 0.0423. The van der Waals surface area contributed by atoms with Gasteiger partial charge in [0.25, 0.3) is 0 Å². The van der Waals surface area contributed by atoms with E-state index in [4.69, 9.17) is 4.74 Å². The first-order valence-electron chi connectivity index (χ1n) is 6.85. The normalized spacial score (nSPS) is 27.8. The summed E-state index contributed by atoms with van der Waals surface area (Å²) in [6.45, 7) is 5.67. The molecule has 2 rings (SSSR count). The molecule has 0 aromatic rings. The molecule has 94 valence electrons. The Kier molecular flexibility index (Phi) is 5.07. The van der Waals surface area contributed by atoms with Crippen LogP contribution >= 0.6 is 0 Å². The van der Waals surface area contributed by atoms with Gasteiger partial charge in [0.05, 0.1) is 0 Å². The summed E-state index contributed by atoms with van der Waals surface area (Å²) < 4.78 is 5.40. The van der Waals surface area contributed by atoms with Crippen molar-refractivity contribution in [2.45, 2.75) is 38.1 Å². The molecule has 0 saturated carbocycles. The Bertz CT molecular complexity index is 186. The lowest BCUT2D eigenvalue weighted by Gasteiger charge is -2.31. The van der Waals surface area contributed by atoms with Crippen LogP contribution in [0.2, 0.25) is 0 Å². The van der Waals surface area contributed by atoms with E-state index in [1.165, 1.54) is 51.7 Å². The molecule has 0 aromatic heterocycles. The fraction of sp³-hybridized carbons (Fsp3) is 1.00. The van der Waals surface area contributed by atoms with Gasteiger partial charge in [-0.3, -0.25) is 0 Å². The first kappa shape index (κ1) is 12.3. The highest BCUT2D eigenvalue weighted by Gasteiger charge is 2.19. The van der Waals surface area contributed by atoms with Crippen molar-refractivity contribution in [2.75, 3.05) is 39.9 Å². The second-order valence-corrected chi connectivity index (χ2v) is 5.33. The standard InChI is InChI=1S/C13H26N2O/c1-15(13-5-9-16-10-6-13)8-2-3-12-4-7-14-11-12/h12-14H,2-11H2,1H3. The largest absolute Gasteiger partial charge is 0.381 e. The molecule has 0 radical (unpaired) electrons. The Morgan fingerprint density at radius 2 is 2.06 bits per heavy atom. The molecule has 2 aliphatic rings. The Labute approximate surface area is 99.5 Å². The molecule has 16 heavy (non-hydrogen) atoms. The zero-order valence-corrected chi connectivity index (χ0v) is 10.6. The second kappa shape index (κ2) is 6.58. The summed E-state index contributed by atoms with van der Waals surface area (Å²) in [5.41, 5.74) is 0. The fourth-order valence-electron chi connectivity index (χ4n) is 2.90. The van der Waals surface area contributed by atoms with E-state index in [9.17, 15) is 0 Å². The quantitative estimate of drug-likeness (QED) is 0.768. The van der Waals surface area contributed by atoms with Gasteiger partial charge < -0.3 is 15.0 Å². The van der Waals surface area contributed by atoms with Crippen molar-refractivity contribution in [3.05, 3.63) is 0 Å². The monoisotopic (exact) mass is 226 g/mol. The van der Waals surface area contributed by atoms with Crippen LogP contribution in [0.15, 0.2) is 0 Å². The van der Waals surface area contributed by atoms with Crippen LogP contribution in [0.4, 0.5) is 0 Å². The van der Waals surface area contributed by atoms with Gasteiger partial charge in [-0.15, -0.1) is 0 Å². The summed E-state index contributed by atoms with van der Waals surface area (Å²) in [4.78, 5) is 2.55. The predicted octanol–water partition coefficient (Wildman–Crippen LogP) is 1.49. The minimum absolute atomic E-state index is 0.774. The van der Waals surface area contributed by atoms with E-state index in [1.807, 2.05) is 0 Å². The molecule has 2 fully saturated rings. The van der Waals surface area contributed by atoms with E-state index in [2.05, 4.69) is 17.3 Å². The van der Waals surface area contributed by atoms with Gasteiger partial charge in [-0.2, -0.15) is 0 Å². The van der Waals surface area contributed by atoms with Crippen LogP contribution in [-0.4, -0.2) is 50.8 Å². The molecule has 0 spiro atoms.